The second-order valence-corrected chi connectivity index (χ2v) is 6.29. The maximum atomic E-state index is 4.23. The Labute approximate surface area is 108 Å². The van der Waals surface area contributed by atoms with Crippen molar-refractivity contribution in [2.24, 2.45) is 0 Å². The van der Waals surface area contributed by atoms with Crippen LogP contribution < -0.4 is 5.32 Å². The summed E-state index contributed by atoms with van der Waals surface area (Å²) < 4.78 is 1.17. The monoisotopic (exact) mass is 270 g/mol. The Kier molecular flexibility index (Phi) is 5.34. The molecule has 2 aromatic rings. The summed E-state index contributed by atoms with van der Waals surface area (Å²) in [5.41, 5.74) is 1.44. The molecule has 0 aliphatic heterocycles. The second kappa shape index (κ2) is 7.06. The van der Waals surface area contributed by atoms with Gasteiger partial charge < -0.3 is 5.32 Å². The number of thiazole rings is 1. The van der Waals surface area contributed by atoms with Crippen molar-refractivity contribution in [1.29, 1.82) is 0 Å². The van der Waals surface area contributed by atoms with Crippen molar-refractivity contribution in [3.8, 4) is 0 Å². The number of rotatable bonds is 7. The molecule has 0 saturated heterocycles. The first kappa shape index (κ1) is 12.1. The number of nitrogens with zero attached hydrogens (tertiary/aromatic N) is 1. The summed E-state index contributed by atoms with van der Waals surface area (Å²) in [7, 11) is 0. The van der Waals surface area contributed by atoms with E-state index in [-0.39, 0.29) is 0 Å². The van der Waals surface area contributed by atoms with Crippen LogP contribution in [0.3, 0.4) is 0 Å². The topological polar surface area (TPSA) is 24.9 Å². The zero-order valence-electron chi connectivity index (χ0n) is 8.89. The van der Waals surface area contributed by atoms with E-state index in [0.29, 0.717) is 0 Å². The molecule has 16 heavy (non-hydrogen) atoms. The number of aromatic nitrogens is 1. The van der Waals surface area contributed by atoms with Crippen LogP contribution in [-0.4, -0.2) is 23.8 Å². The standard InChI is InChI=1S/C11H14N2S3/c1(10-2-6-14-9-10)3-12-4-7-15-11-13-5-8-16-11/h2,5-6,8-9,12H,1,3-4,7H2. The zero-order chi connectivity index (χ0) is 11.1. The highest BCUT2D eigenvalue weighted by molar-refractivity contribution is 8.01. The van der Waals surface area contributed by atoms with Crippen LogP contribution in [0.4, 0.5) is 0 Å². The molecule has 0 radical (unpaired) electrons. The van der Waals surface area contributed by atoms with Gasteiger partial charge in [-0.1, -0.05) is 11.8 Å². The van der Waals surface area contributed by atoms with E-state index in [1.165, 1.54) is 9.90 Å². The molecule has 2 aromatic heterocycles. The molecule has 0 aliphatic carbocycles. The van der Waals surface area contributed by atoms with Crippen LogP contribution in [-0.2, 0) is 6.42 Å². The molecule has 2 heterocycles. The quantitative estimate of drug-likeness (QED) is 0.618. The maximum absolute atomic E-state index is 4.23. The van der Waals surface area contributed by atoms with Crippen LogP contribution in [0, 0.1) is 0 Å². The van der Waals surface area contributed by atoms with Crippen molar-refractivity contribution < 1.29 is 0 Å². The van der Waals surface area contributed by atoms with E-state index in [4.69, 9.17) is 0 Å². The first-order valence-electron chi connectivity index (χ1n) is 5.19. The molecule has 0 fully saturated rings. The molecule has 86 valence electrons. The smallest absolute Gasteiger partial charge is 0.149 e. The minimum atomic E-state index is 1.05. The fraction of sp³-hybridized carbons (Fsp3) is 0.364. The lowest BCUT2D eigenvalue weighted by atomic mass is 10.2. The third-order valence-corrected chi connectivity index (χ3v) is 4.78. The summed E-state index contributed by atoms with van der Waals surface area (Å²) in [5, 5.41) is 9.81. The maximum Gasteiger partial charge on any atom is 0.149 e. The predicted octanol–water partition coefficient (Wildman–Crippen LogP) is 3.13. The van der Waals surface area contributed by atoms with Crippen molar-refractivity contribution in [3.05, 3.63) is 34.0 Å². The van der Waals surface area contributed by atoms with Gasteiger partial charge in [-0.15, -0.1) is 11.3 Å². The highest BCUT2D eigenvalue weighted by atomic mass is 32.2. The van der Waals surface area contributed by atoms with Gasteiger partial charge in [0.2, 0.25) is 0 Å². The average Bonchev–Trinajstić information content (AvgIpc) is 2.96. The van der Waals surface area contributed by atoms with E-state index in [1.54, 1.807) is 22.7 Å². The fourth-order valence-electron chi connectivity index (χ4n) is 1.28. The molecule has 2 nitrogen and oxygen atoms in total. The molecule has 0 bridgehead atoms. The Morgan fingerprint density at radius 3 is 3.06 bits per heavy atom. The minimum Gasteiger partial charge on any atom is -0.316 e. The molecule has 0 saturated carbocycles. The number of hydrogen-bond donors (Lipinski definition) is 1. The SMILES string of the molecule is c1csc(SCCNCCc2ccsc2)n1. The van der Waals surface area contributed by atoms with Gasteiger partial charge in [0.15, 0.2) is 0 Å². The fourth-order valence-corrected chi connectivity index (χ4v) is 3.59. The van der Waals surface area contributed by atoms with E-state index in [1.807, 2.05) is 23.3 Å². The Bertz CT molecular complexity index is 332. The van der Waals surface area contributed by atoms with E-state index in [9.17, 15) is 0 Å². The van der Waals surface area contributed by atoms with Gasteiger partial charge in [-0.25, -0.2) is 4.98 Å². The lowest BCUT2D eigenvalue weighted by Crippen LogP contribution is -2.19. The number of thiophene rings is 1. The molecule has 0 atom stereocenters. The van der Waals surface area contributed by atoms with Crippen molar-refractivity contribution in [2.45, 2.75) is 10.8 Å². The van der Waals surface area contributed by atoms with Crippen molar-refractivity contribution >= 4 is 34.4 Å². The molecule has 0 aromatic carbocycles. The van der Waals surface area contributed by atoms with Crippen LogP contribution in [0.2, 0.25) is 0 Å². The first-order chi connectivity index (χ1) is 7.95. The van der Waals surface area contributed by atoms with Crippen molar-refractivity contribution in [2.75, 3.05) is 18.8 Å². The largest absolute Gasteiger partial charge is 0.316 e. The van der Waals surface area contributed by atoms with Gasteiger partial charge in [0.05, 0.1) is 0 Å². The Morgan fingerprint density at radius 2 is 2.31 bits per heavy atom. The normalized spacial score (nSPS) is 10.8. The highest BCUT2D eigenvalue weighted by Gasteiger charge is 1.96. The summed E-state index contributed by atoms with van der Waals surface area (Å²) in [4.78, 5) is 4.23. The van der Waals surface area contributed by atoms with Crippen molar-refractivity contribution in [3.63, 3.8) is 0 Å². The van der Waals surface area contributed by atoms with Gasteiger partial charge >= 0.3 is 0 Å². The van der Waals surface area contributed by atoms with Gasteiger partial charge in [-0.2, -0.15) is 11.3 Å². The van der Waals surface area contributed by atoms with Gasteiger partial charge in [0.25, 0.3) is 0 Å². The molecular weight excluding hydrogens is 256 g/mol. The summed E-state index contributed by atoms with van der Waals surface area (Å²) >= 11 is 5.30. The third-order valence-electron chi connectivity index (χ3n) is 2.08. The second-order valence-electron chi connectivity index (χ2n) is 3.28. The Morgan fingerprint density at radius 1 is 1.31 bits per heavy atom. The summed E-state index contributed by atoms with van der Waals surface area (Å²) in [6.07, 6.45) is 2.99. The van der Waals surface area contributed by atoms with Gasteiger partial charge in [-0.3, -0.25) is 0 Å². The molecular formula is C11H14N2S3. The third kappa shape index (κ3) is 4.25. The lowest BCUT2D eigenvalue weighted by Gasteiger charge is -2.02. The Hall–Kier alpha value is -0.360. The number of nitrogens with one attached hydrogen (secondary N) is 1. The van der Waals surface area contributed by atoms with E-state index in [2.05, 4.69) is 27.1 Å². The van der Waals surface area contributed by atoms with Gasteiger partial charge in [0.1, 0.15) is 4.34 Å². The molecule has 1 N–H and O–H groups in total. The van der Waals surface area contributed by atoms with Crippen LogP contribution in [0.15, 0.2) is 32.7 Å². The minimum absolute atomic E-state index is 1.05. The van der Waals surface area contributed by atoms with Crippen LogP contribution in [0.1, 0.15) is 5.56 Å². The predicted molar refractivity (Wildman–Crippen MR) is 73.7 cm³/mol. The Balaban J connectivity index is 1.49. The highest BCUT2D eigenvalue weighted by Crippen LogP contribution is 2.18. The van der Waals surface area contributed by atoms with Crippen LogP contribution in [0.5, 0.6) is 0 Å². The first-order valence-corrected chi connectivity index (χ1v) is 8.00. The zero-order valence-corrected chi connectivity index (χ0v) is 11.3. The summed E-state index contributed by atoms with van der Waals surface area (Å²) in [6, 6.07) is 2.19. The van der Waals surface area contributed by atoms with E-state index in [0.717, 1.165) is 25.3 Å². The number of thioether (sulfide) groups is 1. The lowest BCUT2D eigenvalue weighted by molar-refractivity contribution is 0.722. The summed E-state index contributed by atoms with van der Waals surface area (Å²) in [6.45, 7) is 2.11. The molecule has 2 rings (SSSR count). The molecule has 0 aliphatic rings. The van der Waals surface area contributed by atoms with Crippen molar-refractivity contribution in [1.82, 2.24) is 10.3 Å². The summed E-state index contributed by atoms with van der Waals surface area (Å²) in [5.74, 6) is 1.09. The average molecular weight is 270 g/mol. The van der Waals surface area contributed by atoms with E-state index >= 15 is 0 Å². The molecule has 0 unspecified atom stereocenters. The molecule has 0 amide bonds. The van der Waals surface area contributed by atoms with Crippen LogP contribution >= 0.6 is 34.4 Å². The van der Waals surface area contributed by atoms with Gasteiger partial charge in [-0.05, 0) is 35.4 Å². The van der Waals surface area contributed by atoms with E-state index < -0.39 is 0 Å². The molecule has 0 spiro atoms. The van der Waals surface area contributed by atoms with Crippen LogP contribution in [0.25, 0.3) is 0 Å². The molecule has 5 heteroatoms. The van der Waals surface area contributed by atoms with Gasteiger partial charge in [0, 0.05) is 23.9 Å². The number of hydrogen-bond acceptors (Lipinski definition) is 5.